The van der Waals surface area contributed by atoms with Gasteiger partial charge in [-0.3, -0.25) is 0 Å². The lowest BCUT2D eigenvalue weighted by atomic mass is 10.2. The van der Waals surface area contributed by atoms with Gasteiger partial charge in [-0.15, -0.1) is 17.3 Å². The normalized spacial score (nSPS) is 19.9. The predicted molar refractivity (Wildman–Crippen MR) is 81.8 cm³/mol. The van der Waals surface area contributed by atoms with Crippen molar-refractivity contribution in [2.45, 2.75) is 25.8 Å². The molecule has 1 aromatic rings. The number of carboxylic acid groups (broad SMARTS) is 1. The smallest absolute Gasteiger partial charge is 0.407 e. The van der Waals surface area contributed by atoms with Crippen molar-refractivity contribution in [2.75, 3.05) is 31.1 Å². The second kappa shape index (κ2) is 6.78. The molecule has 1 aromatic heterocycles. The Balaban J connectivity index is 2.18. The Morgan fingerprint density at radius 1 is 1.62 bits per heavy atom. The fourth-order valence-corrected chi connectivity index (χ4v) is 3.24. The summed E-state index contributed by atoms with van der Waals surface area (Å²) in [5.74, 6) is 5.98. The van der Waals surface area contributed by atoms with Crippen LogP contribution in [0.3, 0.4) is 0 Å². The Bertz CT molecular complexity index is 563. The lowest BCUT2D eigenvalue weighted by Crippen LogP contribution is -2.54. The molecule has 2 rings (SSSR count). The zero-order valence-corrected chi connectivity index (χ0v) is 12.9. The highest BCUT2D eigenvalue weighted by molar-refractivity contribution is 7.15. The predicted octanol–water partition coefficient (Wildman–Crippen LogP) is 1.43. The summed E-state index contributed by atoms with van der Waals surface area (Å²) in [6.45, 7) is 5.17. The van der Waals surface area contributed by atoms with Gasteiger partial charge >= 0.3 is 6.09 Å². The molecule has 2 atom stereocenters. The van der Waals surface area contributed by atoms with Gasteiger partial charge in [0.05, 0.1) is 13.2 Å². The number of aliphatic hydroxyl groups is 1. The zero-order chi connectivity index (χ0) is 15.4. The number of carbonyl (C=O) groups is 1. The molecule has 114 valence electrons. The van der Waals surface area contributed by atoms with Gasteiger partial charge in [0.1, 0.15) is 6.04 Å². The molecule has 0 aromatic carbocycles. The Morgan fingerprint density at radius 2 is 2.38 bits per heavy atom. The number of anilines is 1. The molecule has 2 heterocycles. The van der Waals surface area contributed by atoms with Gasteiger partial charge in [-0.25, -0.2) is 9.78 Å². The summed E-state index contributed by atoms with van der Waals surface area (Å²) in [6.07, 6.45) is 0.868. The molecule has 0 saturated carbocycles. The topological polar surface area (TPSA) is 76.9 Å². The molecule has 0 aliphatic carbocycles. The third-order valence-electron chi connectivity index (χ3n) is 3.48. The third kappa shape index (κ3) is 3.46. The first kappa shape index (κ1) is 15.6. The molecule has 1 aliphatic rings. The highest BCUT2D eigenvalue weighted by Crippen LogP contribution is 2.30. The Kier molecular flexibility index (Phi) is 5.04. The number of aromatic nitrogens is 1. The van der Waals surface area contributed by atoms with Crippen LogP contribution in [0.2, 0.25) is 0 Å². The minimum Gasteiger partial charge on any atom is -0.465 e. The van der Waals surface area contributed by atoms with Gasteiger partial charge in [-0.05, 0) is 6.92 Å². The molecular weight excluding hydrogens is 290 g/mol. The van der Waals surface area contributed by atoms with Gasteiger partial charge in [-0.1, -0.05) is 12.8 Å². The minimum absolute atomic E-state index is 0.0623. The van der Waals surface area contributed by atoms with Crippen LogP contribution in [0.1, 0.15) is 24.6 Å². The van der Waals surface area contributed by atoms with E-state index in [4.69, 9.17) is 5.11 Å². The van der Waals surface area contributed by atoms with E-state index in [9.17, 15) is 9.90 Å². The SMILES string of the molecule is CC#C[C@H]1CN(C(=O)O)CCN1c1ncc(C(C)CO)s1. The van der Waals surface area contributed by atoms with E-state index in [1.807, 2.05) is 11.8 Å². The van der Waals surface area contributed by atoms with Gasteiger partial charge in [0.25, 0.3) is 0 Å². The van der Waals surface area contributed by atoms with Crippen molar-refractivity contribution in [2.24, 2.45) is 0 Å². The molecule has 21 heavy (non-hydrogen) atoms. The van der Waals surface area contributed by atoms with Crippen LogP contribution < -0.4 is 4.90 Å². The van der Waals surface area contributed by atoms with Crippen LogP contribution >= 0.6 is 11.3 Å². The Labute approximate surface area is 128 Å². The van der Waals surface area contributed by atoms with Crippen molar-refractivity contribution in [1.82, 2.24) is 9.88 Å². The molecule has 1 saturated heterocycles. The van der Waals surface area contributed by atoms with Crippen LogP contribution in [-0.2, 0) is 0 Å². The number of hydrogen-bond acceptors (Lipinski definition) is 5. The van der Waals surface area contributed by atoms with Gasteiger partial charge in [0.2, 0.25) is 0 Å². The lowest BCUT2D eigenvalue weighted by Gasteiger charge is -2.37. The summed E-state index contributed by atoms with van der Waals surface area (Å²) >= 11 is 1.53. The van der Waals surface area contributed by atoms with E-state index in [1.165, 1.54) is 16.2 Å². The van der Waals surface area contributed by atoms with Crippen molar-refractivity contribution < 1.29 is 15.0 Å². The fourth-order valence-electron chi connectivity index (χ4n) is 2.20. The van der Waals surface area contributed by atoms with Crippen LogP contribution in [0.4, 0.5) is 9.93 Å². The maximum Gasteiger partial charge on any atom is 0.407 e. The van der Waals surface area contributed by atoms with Gasteiger partial charge < -0.3 is 20.0 Å². The highest BCUT2D eigenvalue weighted by atomic mass is 32.1. The number of hydrogen-bond donors (Lipinski definition) is 2. The molecule has 1 unspecified atom stereocenters. The molecule has 0 bridgehead atoms. The van der Waals surface area contributed by atoms with Crippen LogP contribution in [0.15, 0.2) is 6.20 Å². The largest absolute Gasteiger partial charge is 0.465 e. The summed E-state index contributed by atoms with van der Waals surface area (Å²) in [6, 6.07) is -0.178. The maximum absolute atomic E-state index is 11.1. The number of aliphatic hydroxyl groups excluding tert-OH is 1. The quantitative estimate of drug-likeness (QED) is 0.826. The first-order valence-electron chi connectivity index (χ1n) is 6.80. The molecule has 1 amide bonds. The molecule has 0 radical (unpaired) electrons. The molecule has 1 aliphatic heterocycles. The van der Waals surface area contributed by atoms with Gasteiger partial charge in [0.15, 0.2) is 5.13 Å². The van der Waals surface area contributed by atoms with Crippen molar-refractivity contribution in [1.29, 1.82) is 0 Å². The highest BCUT2D eigenvalue weighted by Gasteiger charge is 2.30. The van der Waals surface area contributed by atoms with Crippen molar-refractivity contribution in [3.8, 4) is 11.8 Å². The molecule has 0 spiro atoms. The first-order chi connectivity index (χ1) is 10.1. The van der Waals surface area contributed by atoms with E-state index >= 15 is 0 Å². The molecule has 6 nitrogen and oxygen atoms in total. The zero-order valence-electron chi connectivity index (χ0n) is 12.1. The number of nitrogens with zero attached hydrogens (tertiary/aromatic N) is 3. The Hall–Kier alpha value is -1.78. The second-order valence-corrected chi connectivity index (χ2v) is 6.00. The van der Waals surface area contributed by atoms with Crippen molar-refractivity contribution >= 4 is 22.6 Å². The van der Waals surface area contributed by atoms with E-state index in [2.05, 4.69) is 16.8 Å². The maximum atomic E-state index is 11.1. The van der Waals surface area contributed by atoms with Crippen LogP contribution in [0.5, 0.6) is 0 Å². The fraction of sp³-hybridized carbons (Fsp3) is 0.571. The van der Waals surface area contributed by atoms with E-state index < -0.39 is 6.09 Å². The summed E-state index contributed by atoms with van der Waals surface area (Å²) < 4.78 is 0. The summed E-state index contributed by atoms with van der Waals surface area (Å²) in [5, 5.41) is 19.2. The number of thiazole rings is 1. The van der Waals surface area contributed by atoms with Crippen LogP contribution in [0.25, 0.3) is 0 Å². The van der Waals surface area contributed by atoms with Gasteiger partial charge in [-0.2, -0.15) is 0 Å². The van der Waals surface area contributed by atoms with Crippen molar-refractivity contribution in [3.63, 3.8) is 0 Å². The average Bonchev–Trinajstić information content (AvgIpc) is 2.96. The average molecular weight is 309 g/mol. The van der Waals surface area contributed by atoms with E-state index in [0.29, 0.717) is 19.6 Å². The Morgan fingerprint density at radius 3 is 3.00 bits per heavy atom. The molecule has 2 N–H and O–H groups in total. The summed E-state index contributed by atoms with van der Waals surface area (Å²) in [4.78, 5) is 20.0. The number of piperazine rings is 1. The van der Waals surface area contributed by atoms with Gasteiger partial charge in [0, 0.05) is 30.1 Å². The monoisotopic (exact) mass is 309 g/mol. The standard InChI is InChI=1S/C14H19N3O3S/c1-3-4-11-8-16(14(19)20)5-6-17(11)13-15-7-12(21-13)10(2)9-18/h7,10-11,18H,5-6,8-9H2,1-2H3,(H,19,20)/t10?,11-/m0/s1. The second-order valence-electron chi connectivity index (χ2n) is 4.96. The van der Waals surface area contributed by atoms with E-state index in [-0.39, 0.29) is 18.6 Å². The molecule has 7 heteroatoms. The summed E-state index contributed by atoms with van der Waals surface area (Å²) in [7, 11) is 0. The number of amides is 1. The molecule has 1 fully saturated rings. The lowest BCUT2D eigenvalue weighted by molar-refractivity contribution is 0.138. The van der Waals surface area contributed by atoms with E-state index in [0.717, 1.165) is 10.0 Å². The first-order valence-corrected chi connectivity index (χ1v) is 7.61. The van der Waals surface area contributed by atoms with Crippen molar-refractivity contribution in [3.05, 3.63) is 11.1 Å². The minimum atomic E-state index is -0.911. The van der Waals surface area contributed by atoms with Crippen LogP contribution in [-0.4, -0.2) is 58.5 Å². The molecular formula is C14H19N3O3S. The number of rotatable bonds is 3. The third-order valence-corrected chi connectivity index (χ3v) is 4.74. The summed E-state index contributed by atoms with van der Waals surface area (Å²) in [5.41, 5.74) is 0. The van der Waals surface area contributed by atoms with Crippen LogP contribution in [0, 0.1) is 11.8 Å². The van der Waals surface area contributed by atoms with E-state index in [1.54, 1.807) is 13.1 Å².